The Morgan fingerprint density at radius 1 is 1.18 bits per heavy atom. The van der Waals surface area contributed by atoms with E-state index < -0.39 is 0 Å². The molecule has 2 heterocycles. The number of nitrogens with one attached hydrogen (secondary N) is 1. The molecule has 0 saturated heterocycles. The second-order valence-corrected chi connectivity index (χ2v) is 7.34. The van der Waals surface area contributed by atoms with Gasteiger partial charge in [0, 0.05) is 12.0 Å². The maximum absolute atomic E-state index is 4.68. The molecule has 1 aromatic carbocycles. The molecule has 2 aliphatic carbocycles. The second-order valence-electron chi connectivity index (χ2n) is 6.48. The van der Waals surface area contributed by atoms with E-state index in [1.807, 2.05) is 6.92 Å². The lowest BCUT2D eigenvalue weighted by Gasteiger charge is -2.12. The van der Waals surface area contributed by atoms with Gasteiger partial charge in [-0.3, -0.25) is 0 Å². The molecule has 3 aromatic rings. The number of aromatic nitrogens is 2. The van der Waals surface area contributed by atoms with Gasteiger partial charge in [-0.1, -0.05) is 24.3 Å². The zero-order valence-corrected chi connectivity index (χ0v) is 13.4. The van der Waals surface area contributed by atoms with Gasteiger partial charge in [0.15, 0.2) is 0 Å². The Hall–Kier alpha value is -1.94. The van der Waals surface area contributed by atoms with Crippen molar-refractivity contribution in [3.63, 3.8) is 0 Å². The lowest BCUT2D eigenvalue weighted by atomic mass is 10.1. The van der Waals surface area contributed by atoms with E-state index in [9.17, 15) is 0 Å². The van der Waals surface area contributed by atoms with Gasteiger partial charge in [0.05, 0.1) is 5.39 Å². The van der Waals surface area contributed by atoms with Crippen LogP contribution in [0.5, 0.6) is 0 Å². The maximum Gasteiger partial charge on any atom is 0.139 e. The average molecular weight is 307 g/mol. The van der Waals surface area contributed by atoms with Gasteiger partial charge in [-0.05, 0) is 48.3 Å². The minimum absolute atomic E-state index is 0.534. The fourth-order valence-electron chi connectivity index (χ4n) is 4.00. The summed E-state index contributed by atoms with van der Waals surface area (Å²) in [6, 6.07) is 9.41. The van der Waals surface area contributed by atoms with Gasteiger partial charge in [0.2, 0.25) is 0 Å². The molecule has 2 aromatic heterocycles. The van der Waals surface area contributed by atoms with Crippen LogP contribution in [-0.2, 0) is 6.42 Å². The highest BCUT2D eigenvalue weighted by molar-refractivity contribution is 7.17. The van der Waals surface area contributed by atoms with Gasteiger partial charge in [-0.2, -0.15) is 0 Å². The molecule has 1 N–H and O–H groups in total. The lowest BCUT2D eigenvalue weighted by molar-refractivity contribution is 0.821. The predicted octanol–water partition coefficient (Wildman–Crippen LogP) is 4.06. The van der Waals surface area contributed by atoms with Crippen LogP contribution in [-0.4, -0.2) is 16.0 Å². The normalized spacial score (nSPS) is 25.1. The molecule has 3 unspecified atom stereocenters. The number of hydrogen-bond donors (Lipinski definition) is 1. The topological polar surface area (TPSA) is 37.8 Å². The Balaban J connectivity index is 1.51. The standard InChI is InChI=1S/C18H17N3S/c1-9-8-22-18-14(9)17(19-10(2)20-18)21-16-13-7-11-5-3-4-6-12(11)15(13)16/h3-6,8,13,15-16H,7H2,1-2H3,(H,19,20,21). The third-order valence-electron chi connectivity index (χ3n) is 5.07. The van der Waals surface area contributed by atoms with Gasteiger partial charge in [-0.15, -0.1) is 11.3 Å². The van der Waals surface area contributed by atoms with Crippen molar-refractivity contribution in [2.24, 2.45) is 5.92 Å². The number of rotatable bonds is 2. The number of thiophene rings is 1. The summed E-state index contributed by atoms with van der Waals surface area (Å²) in [5, 5.41) is 7.10. The summed E-state index contributed by atoms with van der Waals surface area (Å²) in [4.78, 5) is 10.3. The van der Waals surface area contributed by atoms with E-state index in [2.05, 4.69) is 51.9 Å². The first-order valence-electron chi connectivity index (χ1n) is 7.79. The van der Waals surface area contributed by atoms with Crippen LogP contribution in [0.4, 0.5) is 5.82 Å². The Morgan fingerprint density at radius 3 is 2.95 bits per heavy atom. The maximum atomic E-state index is 4.68. The Morgan fingerprint density at radius 2 is 2.05 bits per heavy atom. The molecule has 2 aliphatic rings. The van der Waals surface area contributed by atoms with E-state index >= 15 is 0 Å². The van der Waals surface area contributed by atoms with Crippen LogP contribution in [0.1, 0.15) is 28.4 Å². The van der Waals surface area contributed by atoms with Crippen LogP contribution in [0.3, 0.4) is 0 Å². The zero-order valence-electron chi connectivity index (χ0n) is 12.6. The van der Waals surface area contributed by atoms with Crippen LogP contribution in [0, 0.1) is 19.8 Å². The highest BCUT2D eigenvalue weighted by atomic mass is 32.1. The highest BCUT2D eigenvalue weighted by Crippen LogP contribution is 2.57. The fraction of sp³-hybridized carbons (Fsp3) is 0.333. The van der Waals surface area contributed by atoms with E-state index in [1.54, 1.807) is 11.3 Å². The van der Waals surface area contributed by atoms with E-state index in [0.29, 0.717) is 12.0 Å². The van der Waals surface area contributed by atoms with Crippen molar-refractivity contribution in [1.29, 1.82) is 0 Å². The molecule has 0 spiro atoms. The predicted molar refractivity (Wildman–Crippen MR) is 90.7 cm³/mol. The van der Waals surface area contributed by atoms with Crippen molar-refractivity contribution >= 4 is 27.4 Å². The van der Waals surface area contributed by atoms with Crippen LogP contribution < -0.4 is 5.32 Å². The SMILES string of the molecule is Cc1nc(NC2C3Cc4ccccc4C32)c2c(C)csc2n1. The first-order valence-corrected chi connectivity index (χ1v) is 8.67. The molecule has 0 amide bonds. The van der Waals surface area contributed by atoms with E-state index in [0.717, 1.165) is 22.4 Å². The van der Waals surface area contributed by atoms with Crippen LogP contribution >= 0.6 is 11.3 Å². The highest BCUT2D eigenvalue weighted by Gasteiger charge is 2.55. The average Bonchev–Trinajstić information content (AvgIpc) is 2.86. The number of fused-ring (bicyclic) bond motifs is 4. The Bertz CT molecular complexity index is 898. The van der Waals surface area contributed by atoms with Crippen LogP contribution in [0.2, 0.25) is 0 Å². The van der Waals surface area contributed by atoms with Crippen molar-refractivity contribution in [1.82, 2.24) is 9.97 Å². The molecule has 0 radical (unpaired) electrons. The monoisotopic (exact) mass is 307 g/mol. The molecule has 0 aliphatic heterocycles. The number of aryl methyl sites for hydroxylation is 2. The first-order chi connectivity index (χ1) is 10.7. The molecule has 3 nitrogen and oxygen atoms in total. The quantitative estimate of drug-likeness (QED) is 0.776. The molecule has 0 bridgehead atoms. The summed E-state index contributed by atoms with van der Waals surface area (Å²) in [6.45, 7) is 4.12. The second kappa shape index (κ2) is 4.29. The van der Waals surface area contributed by atoms with Crippen molar-refractivity contribution < 1.29 is 0 Å². The van der Waals surface area contributed by atoms with E-state index in [4.69, 9.17) is 0 Å². The van der Waals surface area contributed by atoms with Crippen LogP contribution in [0.25, 0.3) is 10.2 Å². The van der Waals surface area contributed by atoms with Gasteiger partial charge in [-0.25, -0.2) is 9.97 Å². The molecule has 5 rings (SSSR count). The first kappa shape index (κ1) is 12.6. The minimum Gasteiger partial charge on any atom is -0.366 e. The van der Waals surface area contributed by atoms with Crippen molar-refractivity contribution in [3.8, 4) is 0 Å². The summed E-state index contributed by atoms with van der Waals surface area (Å²) >= 11 is 1.71. The molecule has 110 valence electrons. The van der Waals surface area contributed by atoms with Crippen molar-refractivity contribution in [2.75, 3.05) is 5.32 Å². The Labute approximate surface area is 133 Å². The van der Waals surface area contributed by atoms with Gasteiger partial charge >= 0.3 is 0 Å². The summed E-state index contributed by atoms with van der Waals surface area (Å²) in [6.07, 6.45) is 1.20. The summed E-state index contributed by atoms with van der Waals surface area (Å²) in [5.41, 5.74) is 4.34. The van der Waals surface area contributed by atoms with Crippen molar-refractivity contribution in [3.05, 3.63) is 52.2 Å². The molecule has 1 saturated carbocycles. The molecule has 4 heteroatoms. The van der Waals surface area contributed by atoms with E-state index in [-0.39, 0.29) is 0 Å². The van der Waals surface area contributed by atoms with Gasteiger partial charge < -0.3 is 5.32 Å². The molecular formula is C18H17N3S. The van der Waals surface area contributed by atoms with Crippen molar-refractivity contribution in [2.45, 2.75) is 32.2 Å². The van der Waals surface area contributed by atoms with Gasteiger partial charge in [0.1, 0.15) is 16.5 Å². The zero-order chi connectivity index (χ0) is 14.8. The minimum atomic E-state index is 0.534. The van der Waals surface area contributed by atoms with Crippen LogP contribution in [0.15, 0.2) is 29.6 Å². The summed E-state index contributed by atoms with van der Waals surface area (Å²) in [7, 11) is 0. The number of nitrogens with zero attached hydrogens (tertiary/aromatic N) is 2. The van der Waals surface area contributed by atoms with Gasteiger partial charge in [0.25, 0.3) is 0 Å². The molecule has 22 heavy (non-hydrogen) atoms. The summed E-state index contributed by atoms with van der Waals surface area (Å²) < 4.78 is 0. The summed E-state index contributed by atoms with van der Waals surface area (Å²) in [5.74, 6) is 3.28. The molecule has 3 atom stereocenters. The largest absolute Gasteiger partial charge is 0.366 e. The number of benzene rings is 1. The van der Waals surface area contributed by atoms with E-state index in [1.165, 1.54) is 28.5 Å². The lowest BCUT2D eigenvalue weighted by Crippen LogP contribution is -2.12. The number of hydrogen-bond acceptors (Lipinski definition) is 4. The smallest absolute Gasteiger partial charge is 0.139 e. The molecule has 1 fully saturated rings. The Kier molecular flexibility index (Phi) is 2.46. The molecular weight excluding hydrogens is 290 g/mol. The third-order valence-corrected chi connectivity index (χ3v) is 6.06. The fourth-order valence-corrected chi connectivity index (χ4v) is 4.97. The third kappa shape index (κ3) is 1.67. The number of anilines is 1.